The Bertz CT molecular complexity index is 939. The van der Waals surface area contributed by atoms with Crippen molar-refractivity contribution in [3.63, 3.8) is 0 Å². The standard InChI is InChI=1S/C18H15F2N3O3/c1-25-15-9-12(5-8-14(15)20)17-21-18(11-3-6-13(19)7-4-11)23(22-17)10-16(24)26-2/h3-9H,10H2,1-2H3. The summed E-state index contributed by atoms with van der Waals surface area (Å²) in [4.78, 5) is 16.1. The third-order valence-electron chi connectivity index (χ3n) is 3.69. The number of nitrogens with zero attached hydrogens (tertiary/aromatic N) is 3. The van der Waals surface area contributed by atoms with E-state index in [-0.39, 0.29) is 18.1 Å². The zero-order valence-corrected chi connectivity index (χ0v) is 14.1. The van der Waals surface area contributed by atoms with Gasteiger partial charge >= 0.3 is 5.97 Å². The van der Waals surface area contributed by atoms with Crippen molar-refractivity contribution >= 4 is 5.97 Å². The fraction of sp³-hybridized carbons (Fsp3) is 0.167. The predicted molar refractivity (Wildman–Crippen MR) is 89.4 cm³/mol. The van der Waals surface area contributed by atoms with Crippen LogP contribution in [0.3, 0.4) is 0 Å². The van der Waals surface area contributed by atoms with Crippen LogP contribution in [0.15, 0.2) is 42.5 Å². The molecule has 0 amide bonds. The van der Waals surface area contributed by atoms with Gasteiger partial charge in [0.25, 0.3) is 0 Å². The molecule has 1 aromatic heterocycles. The van der Waals surface area contributed by atoms with E-state index >= 15 is 0 Å². The highest BCUT2D eigenvalue weighted by molar-refractivity contribution is 5.71. The molecule has 0 aliphatic carbocycles. The van der Waals surface area contributed by atoms with Gasteiger partial charge in [-0.15, -0.1) is 5.10 Å². The van der Waals surface area contributed by atoms with Crippen LogP contribution in [0.4, 0.5) is 8.78 Å². The predicted octanol–water partition coefficient (Wildman–Crippen LogP) is 3.07. The van der Waals surface area contributed by atoms with Gasteiger partial charge in [0, 0.05) is 11.1 Å². The van der Waals surface area contributed by atoms with Gasteiger partial charge in [0.15, 0.2) is 23.2 Å². The second-order valence-electron chi connectivity index (χ2n) is 5.35. The third-order valence-corrected chi connectivity index (χ3v) is 3.69. The van der Waals surface area contributed by atoms with Crippen LogP contribution in [0, 0.1) is 11.6 Å². The van der Waals surface area contributed by atoms with Gasteiger partial charge in [-0.3, -0.25) is 4.79 Å². The van der Waals surface area contributed by atoms with Crippen molar-refractivity contribution in [2.24, 2.45) is 0 Å². The zero-order valence-electron chi connectivity index (χ0n) is 14.1. The zero-order chi connectivity index (χ0) is 18.7. The lowest BCUT2D eigenvalue weighted by atomic mass is 10.2. The first kappa shape index (κ1) is 17.5. The summed E-state index contributed by atoms with van der Waals surface area (Å²) >= 11 is 0. The quantitative estimate of drug-likeness (QED) is 0.655. The van der Waals surface area contributed by atoms with Crippen LogP contribution >= 0.6 is 0 Å². The summed E-state index contributed by atoms with van der Waals surface area (Å²) in [6.07, 6.45) is 0. The summed E-state index contributed by atoms with van der Waals surface area (Å²) in [5.74, 6) is -0.739. The van der Waals surface area contributed by atoms with E-state index in [1.165, 1.54) is 61.4 Å². The van der Waals surface area contributed by atoms with Gasteiger partial charge in [-0.05, 0) is 42.5 Å². The van der Waals surface area contributed by atoms with Crippen LogP contribution < -0.4 is 4.74 Å². The molecule has 0 radical (unpaired) electrons. The average molecular weight is 359 g/mol. The number of methoxy groups -OCH3 is 2. The van der Waals surface area contributed by atoms with E-state index in [2.05, 4.69) is 14.8 Å². The van der Waals surface area contributed by atoms with Crippen LogP contribution in [0.5, 0.6) is 5.75 Å². The highest BCUT2D eigenvalue weighted by atomic mass is 19.1. The third kappa shape index (κ3) is 3.53. The number of esters is 1. The molecule has 0 atom stereocenters. The minimum atomic E-state index is -0.513. The Kier molecular flexibility index (Phi) is 4.92. The average Bonchev–Trinajstić information content (AvgIpc) is 3.06. The highest BCUT2D eigenvalue weighted by Gasteiger charge is 2.17. The summed E-state index contributed by atoms with van der Waals surface area (Å²) in [5, 5.41) is 4.31. The lowest BCUT2D eigenvalue weighted by Crippen LogP contribution is -2.14. The van der Waals surface area contributed by atoms with Crippen molar-refractivity contribution in [1.82, 2.24) is 14.8 Å². The molecule has 0 aliphatic rings. The SMILES string of the molecule is COC(=O)Cn1nc(-c2ccc(F)c(OC)c2)nc1-c1ccc(F)cc1. The van der Waals surface area contributed by atoms with Gasteiger partial charge in [0.2, 0.25) is 0 Å². The Morgan fingerprint density at radius 2 is 1.77 bits per heavy atom. The fourth-order valence-electron chi connectivity index (χ4n) is 2.37. The van der Waals surface area contributed by atoms with Crippen molar-refractivity contribution in [1.29, 1.82) is 0 Å². The van der Waals surface area contributed by atoms with Crippen LogP contribution in [0.2, 0.25) is 0 Å². The van der Waals surface area contributed by atoms with E-state index < -0.39 is 17.6 Å². The van der Waals surface area contributed by atoms with E-state index in [1.807, 2.05) is 0 Å². The first-order chi connectivity index (χ1) is 12.5. The Morgan fingerprint density at radius 1 is 1.08 bits per heavy atom. The molecular weight excluding hydrogens is 344 g/mol. The van der Waals surface area contributed by atoms with E-state index in [0.29, 0.717) is 17.0 Å². The number of aromatic nitrogens is 3. The molecule has 26 heavy (non-hydrogen) atoms. The summed E-state index contributed by atoms with van der Waals surface area (Å²) in [6.45, 7) is -0.172. The molecule has 3 aromatic rings. The molecule has 0 saturated heterocycles. The van der Waals surface area contributed by atoms with Crippen molar-refractivity contribution < 1.29 is 23.0 Å². The number of benzene rings is 2. The number of halogens is 2. The van der Waals surface area contributed by atoms with Crippen molar-refractivity contribution in [3.05, 3.63) is 54.1 Å². The number of carbonyl (C=O) groups is 1. The van der Waals surface area contributed by atoms with E-state index in [1.54, 1.807) is 0 Å². The molecule has 1 heterocycles. The molecule has 2 aromatic carbocycles. The lowest BCUT2D eigenvalue weighted by molar-refractivity contribution is -0.141. The summed E-state index contributed by atoms with van der Waals surface area (Å²) in [7, 11) is 2.62. The Hall–Kier alpha value is -3.29. The van der Waals surface area contributed by atoms with Gasteiger partial charge in [-0.2, -0.15) is 0 Å². The topological polar surface area (TPSA) is 66.2 Å². The second-order valence-corrected chi connectivity index (χ2v) is 5.35. The number of carbonyl (C=O) groups excluding carboxylic acids is 1. The van der Waals surface area contributed by atoms with Crippen LogP contribution in [0.25, 0.3) is 22.8 Å². The number of hydrogen-bond acceptors (Lipinski definition) is 5. The first-order valence-electron chi connectivity index (χ1n) is 7.63. The van der Waals surface area contributed by atoms with Crippen LogP contribution in [0.1, 0.15) is 0 Å². The van der Waals surface area contributed by atoms with Crippen molar-refractivity contribution in [3.8, 4) is 28.5 Å². The second kappa shape index (κ2) is 7.30. The molecule has 0 unspecified atom stereocenters. The number of ether oxygens (including phenoxy) is 2. The van der Waals surface area contributed by atoms with Gasteiger partial charge in [0.05, 0.1) is 14.2 Å². The summed E-state index contributed by atoms with van der Waals surface area (Å²) in [5.41, 5.74) is 1.08. The van der Waals surface area contributed by atoms with Crippen LogP contribution in [-0.4, -0.2) is 35.0 Å². The highest BCUT2D eigenvalue weighted by Crippen LogP contribution is 2.27. The number of rotatable bonds is 5. The smallest absolute Gasteiger partial charge is 0.327 e. The maximum atomic E-state index is 13.6. The normalized spacial score (nSPS) is 10.6. The minimum absolute atomic E-state index is 0.0511. The molecule has 0 saturated carbocycles. The molecule has 8 heteroatoms. The maximum Gasteiger partial charge on any atom is 0.327 e. The molecule has 6 nitrogen and oxygen atoms in total. The van der Waals surface area contributed by atoms with Crippen molar-refractivity contribution in [2.45, 2.75) is 6.54 Å². The van der Waals surface area contributed by atoms with Gasteiger partial charge in [0.1, 0.15) is 12.4 Å². The lowest BCUT2D eigenvalue weighted by Gasteiger charge is -2.04. The molecule has 134 valence electrons. The Morgan fingerprint density at radius 3 is 2.42 bits per heavy atom. The van der Waals surface area contributed by atoms with Gasteiger partial charge in [-0.25, -0.2) is 18.4 Å². The monoisotopic (exact) mass is 359 g/mol. The molecule has 0 N–H and O–H groups in total. The Balaban J connectivity index is 2.08. The summed E-state index contributed by atoms with van der Waals surface area (Å²) in [6, 6.07) is 9.84. The Labute approximate surface area is 148 Å². The molecule has 0 fully saturated rings. The maximum absolute atomic E-state index is 13.6. The summed E-state index contributed by atoms with van der Waals surface area (Å²) < 4.78 is 37.8. The minimum Gasteiger partial charge on any atom is -0.494 e. The van der Waals surface area contributed by atoms with E-state index in [0.717, 1.165) is 0 Å². The van der Waals surface area contributed by atoms with E-state index in [9.17, 15) is 13.6 Å². The first-order valence-corrected chi connectivity index (χ1v) is 7.63. The molecule has 0 spiro atoms. The molecule has 3 rings (SSSR count). The molecule has 0 aliphatic heterocycles. The van der Waals surface area contributed by atoms with Gasteiger partial charge in [-0.1, -0.05) is 0 Å². The van der Waals surface area contributed by atoms with E-state index in [4.69, 9.17) is 4.74 Å². The van der Waals surface area contributed by atoms with Gasteiger partial charge < -0.3 is 9.47 Å². The van der Waals surface area contributed by atoms with Crippen LogP contribution in [-0.2, 0) is 16.1 Å². The number of hydrogen-bond donors (Lipinski definition) is 0. The van der Waals surface area contributed by atoms with Crippen molar-refractivity contribution in [2.75, 3.05) is 14.2 Å². The fourth-order valence-corrected chi connectivity index (χ4v) is 2.37. The molecular formula is C18H15F2N3O3. The molecule has 0 bridgehead atoms. The largest absolute Gasteiger partial charge is 0.494 e.